The minimum absolute atomic E-state index is 0.0262. The van der Waals surface area contributed by atoms with Crippen LogP contribution in [0.5, 0.6) is 0 Å². The molecule has 0 radical (unpaired) electrons. The Hall–Kier alpha value is -2.42. The lowest BCUT2D eigenvalue weighted by atomic mass is 10.1. The molecular formula is C17H23N3O5S. The van der Waals surface area contributed by atoms with Gasteiger partial charge in [-0.15, -0.1) is 0 Å². The monoisotopic (exact) mass is 381 g/mol. The molecular weight excluding hydrogens is 358 g/mol. The van der Waals surface area contributed by atoms with Gasteiger partial charge in [0, 0.05) is 18.5 Å². The first kappa shape index (κ1) is 19.9. The number of aliphatic carboxylic acids is 1. The van der Waals surface area contributed by atoms with Gasteiger partial charge in [-0.25, -0.2) is 8.42 Å². The van der Waals surface area contributed by atoms with E-state index < -0.39 is 22.0 Å². The number of carbonyl (C=O) groups excluding carboxylic acids is 1. The van der Waals surface area contributed by atoms with Gasteiger partial charge in [-0.1, -0.05) is 31.9 Å². The Morgan fingerprint density at radius 2 is 2.00 bits per heavy atom. The molecule has 0 aromatic heterocycles. The van der Waals surface area contributed by atoms with Crippen molar-refractivity contribution in [3.63, 3.8) is 0 Å². The maximum atomic E-state index is 12.4. The average molecular weight is 381 g/mol. The van der Waals surface area contributed by atoms with Crippen LogP contribution in [-0.2, 0) is 19.6 Å². The summed E-state index contributed by atoms with van der Waals surface area (Å²) in [6, 6.07) is 5.75. The number of rotatable bonds is 9. The van der Waals surface area contributed by atoms with Crippen LogP contribution in [0.1, 0.15) is 44.6 Å². The van der Waals surface area contributed by atoms with E-state index in [2.05, 4.69) is 15.0 Å². The lowest BCUT2D eigenvalue weighted by Gasteiger charge is -2.13. The molecule has 26 heavy (non-hydrogen) atoms. The molecule has 1 unspecified atom stereocenters. The first-order valence-electron chi connectivity index (χ1n) is 8.54. The molecule has 1 heterocycles. The summed E-state index contributed by atoms with van der Waals surface area (Å²) in [6.07, 6.45) is 2.41. The first-order chi connectivity index (χ1) is 12.3. The van der Waals surface area contributed by atoms with E-state index in [9.17, 15) is 18.0 Å². The lowest BCUT2D eigenvalue weighted by Crippen LogP contribution is -2.36. The number of hydrogen-bond donors (Lipinski definition) is 3. The van der Waals surface area contributed by atoms with Crippen LogP contribution < -0.4 is 10.0 Å². The fourth-order valence-corrected chi connectivity index (χ4v) is 3.85. The maximum Gasteiger partial charge on any atom is 0.303 e. The highest BCUT2D eigenvalue weighted by atomic mass is 32.2. The van der Waals surface area contributed by atoms with Crippen molar-refractivity contribution in [3.8, 4) is 0 Å². The summed E-state index contributed by atoms with van der Waals surface area (Å²) in [5.41, 5.74) is 0.452. The van der Waals surface area contributed by atoms with Gasteiger partial charge in [-0.3, -0.25) is 19.3 Å². The SMILES string of the molecule is CCCCC(N=C1NS(=O)(=O)c2ccccc21)C(=O)NCCCC(=O)O. The molecule has 0 aliphatic carbocycles. The third-order valence-electron chi connectivity index (χ3n) is 3.95. The zero-order chi connectivity index (χ0) is 19.2. The van der Waals surface area contributed by atoms with Crippen LogP contribution >= 0.6 is 0 Å². The Bertz CT molecular complexity index is 804. The number of hydrogen-bond acceptors (Lipinski definition) is 5. The lowest BCUT2D eigenvalue weighted by molar-refractivity contribution is -0.137. The number of amides is 1. The van der Waals surface area contributed by atoms with Crippen molar-refractivity contribution in [3.05, 3.63) is 29.8 Å². The molecule has 1 aromatic rings. The molecule has 142 valence electrons. The number of benzene rings is 1. The standard InChI is InChI=1S/C17H23N3O5S/c1-2-3-8-13(17(23)18-11-6-10-15(21)22)19-16-12-7-4-5-9-14(12)26(24,25)20-16/h4-5,7,9,13H,2-3,6,8,10-11H2,1H3,(H,18,23)(H,19,20)(H,21,22). The topological polar surface area (TPSA) is 125 Å². The van der Waals surface area contributed by atoms with Gasteiger partial charge in [0.2, 0.25) is 5.91 Å². The Labute approximate surface area is 152 Å². The highest BCUT2D eigenvalue weighted by molar-refractivity contribution is 7.90. The summed E-state index contributed by atoms with van der Waals surface area (Å²) < 4.78 is 26.7. The van der Waals surface area contributed by atoms with Crippen LogP contribution in [0, 0.1) is 0 Å². The number of unbranched alkanes of at least 4 members (excludes halogenated alkanes) is 1. The highest BCUT2D eigenvalue weighted by Gasteiger charge is 2.31. The molecule has 2 rings (SSSR count). The Morgan fingerprint density at radius 1 is 1.27 bits per heavy atom. The third kappa shape index (κ3) is 5.04. The third-order valence-corrected chi connectivity index (χ3v) is 5.35. The number of sulfonamides is 1. The molecule has 0 fully saturated rings. The number of carboxylic acids is 1. The molecule has 8 nitrogen and oxygen atoms in total. The van der Waals surface area contributed by atoms with Gasteiger partial charge in [0.25, 0.3) is 10.0 Å². The van der Waals surface area contributed by atoms with Crippen molar-refractivity contribution in [1.29, 1.82) is 0 Å². The van der Waals surface area contributed by atoms with E-state index in [0.717, 1.165) is 12.8 Å². The van der Waals surface area contributed by atoms with Crippen LogP contribution in [-0.4, -0.2) is 43.8 Å². The summed E-state index contributed by atoms with van der Waals surface area (Å²) in [7, 11) is -3.65. The number of carbonyl (C=O) groups is 2. The van der Waals surface area contributed by atoms with E-state index in [1.165, 1.54) is 6.07 Å². The molecule has 1 atom stereocenters. The van der Waals surface area contributed by atoms with Crippen molar-refractivity contribution < 1.29 is 23.1 Å². The fraction of sp³-hybridized carbons (Fsp3) is 0.471. The van der Waals surface area contributed by atoms with Gasteiger partial charge in [-0.2, -0.15) is 0 Å². The fourth-order valence-electron chi connectivity index (χ4n) is 2.61. The maximum absolute atomic E-state index is 12.4. The molecule has 1 aliphatic heterocycles. The quantitative estimate of drug-likeness (QED) is 0.556. The second-order valence-electron chi connectivity index (χ2n) is 6.03. The van der Waals surface area contributed by atoms with Crippen molar-refractivity contribution in [2.24, 2.45) is 4.99 Å². The molecule has 0 spiro atoms. The predicted octanol–water partition coefficient (Wildman–Crippen LogP) is 1.26. The minimum Gasteiger partial charge on any atom is -0.481 e. The van der Waals surface area contributed by atoms with E-state index >= 15 is 0 Å². The zero-order valence-electron chi connectivity index (χ0n) is 14.6. The zero-order valence-corrected chi connectivity index (χ0v) is 15.4. The van der Waals surface area contributed by atoms with Crippen molar-refractivity contribution in [2.45, 2.75) is 50.0 Å². The smallest absolute Gasteiger partial charge is 0.303 e. The van der Waals surface area contributed by atoms with Gasteiger partial charge in [0.1, 0.15) is 11.9 Å². The summed E-state index contributed by atoms with van der Waals surface area (Å²) in [4.78, 5) is 27.4. The minimum atomic E-state index is -3.65. The van der Waals surface area contributed by atoms with Crippen LogP contribution in [0.4, 0.5) is 0 Å². The van der Waals surface area contributed by atoms with E-state index in [1.54, 1.807) is 18.2 Å². The number of fused-ring (bicyclic) bond motifs is 1. The second-order valence-corrected chi connectivity index (χ2v) is 7.68. The Balaban J connectivity index is 2.16. The van der Waals surface area contributed by atoms with Gasteiger partial charge in [-0.05, 0) is 25.0 Å². The van der Waals surface area contributed by atoms with Gasteiger partial charge >= 0.3 is 5.97 Å². The second kappa shape index (κ2) is 8.79. The van der Waals surface area contributed by atoms with E-state index in [4.69, 9.17) is 5.11 Å². The summed E-state index contributed by atoms with van der Waals surface area (Å²) in [5.74, 6) is -1.08. The van der Waals surface area contributed by atoms with Crippen LogP contribution in [0.25, 0.3) is 0 Å². The molecule has 1 aromatic carbocycles. The highest BCUT2D eigenvalue weighted by Crippen LogP contribution is 2.23. The van der Waals surface area contributed by atoms with Crippen molar-refractivity contribution in [2.75, 3.05) is 6.54 Å². The van der Waals surface area contributed by atoms with Crippen LogP contribution in [0.2, 0.25) is 0 Å². The molecule has 1 aliphatic rings. The average Bonchev–Trinajstić information content (AvgIpc) is 2.86. The predicted molar refractivity (Wildman–Crippen MR) is 96.5 cm³/mol. The molecule has 0 saturated carbocycles. The number of carboxylic acid groups (broad SMARTS) is 1. The normalized spacial score (nSPS) is 17.3. The van der Waals surface area contributed by atoms with E-state index in [0.29, 0.717) is 18.4 Å². The number of nitrogens with zero attached hydrogens (tertiary/aromatic N) is 1. The van der Waals surface area contributed by atoms with E-state index in [1.807, 2.05) is 6.92 Å². The number of aliphatic imine (C=N–C) groups is 1. The van der Waals surface area contributed by atoms with Crippen LogP contribution in [0.15, 0.2) is 34.2 Å². The number of amidine groups is 1. The molecule has 1 amide bonds. The molecule has 9 heteroatoms. The number of nitrogens with one attached hydrogen (secondary N) is 2. The summed E-state index contributed by atoms with van der Waals surface area (Å²) in [6.45, 7) is 2.23. The van der Waals surface area contributed by atoms with Crippen LogP contribution in [0.3, 0.4) is 0 Å². The summed E-state index contributed by atoms with van der Waals surface area (Å²) >= 11 is 0. The Kier molecular flexibility index (Phi) is 6.73. The van der Waals surface area contributed by atoms with Crippen molar-refractivity contribution in [1.82, 2.24) is 10.0 Å². The van der Waals surface area contributed by atoms with Gasteiger partial charge in [0.15, 0.2) is 0 Å². The van der Waals surface area contributed by atoms with Gasteiger partial charge in [0.05, 0.1) is 4.90 Å². The van der Waals surface area contributed by atoms with Gasteiger partial charge < -0.3 is 10.4 Å². The largest absolute Gasteiger partial charge is 0.481 e. The Morgan fingerprint density at radius 3 is 2.69 bits per heavy atom. The van der Waals surface area contributed by atoms with Crippen molar-refractivity contribution >= 4 is 27.7 Å². The van der Waals surface area contributed by atoms with E-state index in [-0.39, 0.29) is 29.6 Å². The molecule has 3 N–H and O–H groups in total. The molecule has 0 saturated heterocycles. The molecule has 0 bridgehead atoms. The summed E-state index contributed by atoms with van der Waals surface area (Å²) in [5, 5.41) is 11.3. The first-order valence-corrected chi connectivity index (χ1v) is 10.0.